The van der Waals surface area contributed by atoms with Crippen LogP contribution in [0.1, 0.15) is 11.5 Å². The van der Waals surface area contributed by atoms with Crippen molar-refractivity contribution < 1.29 is 19.1 Å². The van der Waals surface area contributed by atoms with Crippen LogP contribution in [0.25, 0.3) is 6.08 Å². The molecular formula is C13H13NO4. The number of nitrogens with zero attached hydrogens (tertiary/aromatic N) is 1. The zero-order chi connectivity index (χ0) is 13.5. The monoisotopic (exact) mass is 247 g/mol. The van der Waals surface area contributed by atoms with E-state index in [2.05, 4.69) is 5.92 Å². The minimum atomic E-state index is -1.11. The molecule has 5 heteroatoms. The minimum Gasteiger partial charge on any atom is -0.480 e. The number of carboxylic acids is 1. The van der Waals surface area contributed by atoms with E-state index in [0.29, 0.717) is 5.76 Å². The molecule has 94 valence electrons. The van der Waals surface area contributed by atoms with Crippen molar-refractivity contribution in [3.8, 4) is 12.3 Å². The molecule has 0 aliphatic carbocycles. The third-order valence-corrected chi connectivity index (χ3v) is 2.07. The van der Waals surface area contributed by atoms with Crippen LogP contribution < -0.4 is 0 Å². The summed E-state index contributed by atoms with van der Waals surface area (Å²) in [6, 6.07) is 3.47. The second-order valence-corrected chi connectivity index (χ2v) is 3.57. The summed E-state index contributed by atoms with van der Waals surface area (Å²) >= 11 is 0. The Kier molecular flexibility index (Phi) is 4.76. The summed E-state index contributed by atoms with van der Waals surface area (Å²) in [6.07, 6.45) is 7.78. The van der Waals surface area contributed by atoms with Gasteiger partial charge in [-0.25, -0.2) is 0 Å². The molecule has 0 aliphatic rings. The first kappa shape index (κ1) is 13.6. The SMILES string of the molecule is C#CCN(CC(=O)O)C(=O)C=Cc1ccc(C)o1. The van der Waals surface area contributed by atoms with E-state index in [4.69, 9.17) is 15.9 Å². The van der Waals surface area contributed by atoms with Gasteiger partial charge in [0.2, 0.25) is 5.91 Å². The molecule has 1 N–H and O–H groups in total. The molecule has 0 saturated heterocycles. The van der Waals surface area contributed by atoms with E-state index in [1.807, 2.05) is 0 Å². The van der Waals surface area contributed by atoms with Crippen molar-refractivity contribution >= 4 is 18.0 Å². The highest BCUT2D eigenvalue weighted by Crippen LogP contribution is 2.08. The normalized spacial score (nSPS) is 10.2. The summed E-state index contributed by atoms with van der Waals surface area (Å²) in [5.41, 5.74) is 0. The lowest BCUT2D eigenvalue weighted by Gasteiger charge is -2.15. The minimum absolute atomic E-state index is 0.0490. The van der Waals surface area contributed by atoms with Crippen molar-refractivity contribution in [2.24, 2.45) is 0 Å². The standard InChI is InChI=1S/C13H13NO4/c1-3-8-14(9-13(16)17)12(15)7-6-11-5-4-10(2)18-11/h1,4-7H,8-9H2,2H3,(H,16,17). The summed E-state index contributed by atoms with van der Waals surface area (Å²) in [7, 11) is 0. The fourth-order valence-electron chi connectivity index (χ4n) is 1.29. The largest absolute Gasteiger partial charge is 0.480 e. The van der Waals surface area contributed by atoms with Crippen molar-refractivity contribution in [1.82, 2.24) is 4.90 Å². The second-order valence-electron chi connectivity index (χ2n) is 3.57. The van der Waals surface area contributed by atoms with Gasteiger partial charge in [-0.1, -0.05) is 5.92 Å². The van der Waals surface area contributed by atoms with E-state index >= 15 is 0 Å². The number of amides is 1. The first-order chi connectivity index (χ1) is 8.52. The van der Waals surface area contributed by atoms with E-state index in [9.17, 15) is 9.59 Å². The van der Waals surface area contributed by atoms with Crippen LogP contribution in [0.4, 0.5) is 0 Å². The molecule has 0 spiro atoms. The second kappa shape index (κ2) is 6.30. The predicted molar refractivity (Wildman–Crippen MR) is 65.5 cm³/mol. The molecule has 1 rings (SSSR count). The smallest absolute Gasteiger partial charge is 0.323 e. The average Bonchev–Trinajstić information content (AvgIpc) is 2.71. The van der Waals surface area contributed by atoms with Crippen molar-refractivity contribution in [3.63, 3.8) is 0 Å². The third-order valence-electron chi connectivity index (χ3n) is 2.07. The molecule has 0 atom stereocenters. The van der Waals surface area contributed by atoms with Gasteiger partial charge in [0.05, 0.1) is 6.54 Å². The van der Waals surface area contributed by atoms with Crippen molar-refractivity contribution in [3.05, 3.63) is 29.7 Å². The molecule has 0 bridgehead atoms. The Morgan fingerprint density at radius 2 is 2.28 bits per heavy atom. The first-order valence-electron chi connectivity index (χ1n) is 5.21. The lowest BCUT2D eigenvalue weighted by atomic mass is 10.3. The van der Waals surface area contributed by atoms with Crippen LogP contribution in [0.2, 0.25) is 0 Å². The number of rotatable bonds is 5. The molecule has 0 saturated carbocycles. The fraction of sp³-hybridized carbons (Fsp3) is 0.231. The highest BCUT2D eigenvalue weighted by molar-refractivity contribution is 5.93. The zero-order valence-electron chi connectivity index (χ0n) is 9.92. The van der Waals surface area contributed by atoms with Crippen LogP contribution in [-0.2, 0) is 9.59 Å². The Hall–Kier alpha value is -2.48. The maximum absolute atomic E-state index is 11.7. The Morgan fingerprint density at radius 1 is 1.56 bits per heavy atom. The fourth-order valence-corrected chi connectivity index (χ4v) is 1.29. The van der Waals surface area contributed by atoms with Gasteiger partial charge in [-0.05, 0) is 25.1 Å². The van der Waals surface area contributed by atoms with Gasteiger partial charge in [0.1, 0.15) is 18.1 Å². The first-order valence-corrected chi connectivity index (χ1v) is 5.21. The summed E-state index contributed by atoms with van der Waals surface area (Å²) in [4.78, 5) is 23.3. The number of carbonyl (C=O) groups is 2. The van der Waals surface area contributed by atoms with Crippen molar-refractivity contribution in [2.75, 3.05) is 13.1 Å². The highest BCUT2D eigenvalue weighted by Gasteiger charge is 2.12. The molecule has 0 unspecified atom stereocenters. The van der Waals surface area contributed by atoms with Crippen LogP contribution in [0.15, 0.2) is 22.6 Å². The van der Waals surface area contributed by atoms with E-state index < -0.39 is 18.4 Å². The summed E-state index contributed by atoms with van der Waals surface area (Å²) in [5, 5.41) is 8.64. The van der Waals surface area contributed by atoms with Gasteiger partial charge < -0.3 is 14.4 Å². The van der Waals surface area contributed by atoms with Crippen LogP contribution in [0.3, 0.4) is 0 Å². The molecule has 0 aliphatic heterocycles. The predicted octanol–water partition coefficient (Wildman–Crippen LogP) is 1.15. The quantitative estimate of drug-likeness (QED) is 0.625. The number of aryl methyl sites for hydroxylation is 1. The van der Waals surface area contributed by atoms with Gasteiger partial charge in [-0.2, -0.15) is 0 Å². The molecule has 1 amide bonds. The van der Waals surface area contributed by atoms with E-state index in [1.165, 1.54) is 12.2 Å². The van der Waals surface area contributed by atoms with Gasteiger partial charge in [0.15, 0.2) is 0 Å². The maximum atomic E-state index is 11.7. The van der Waals surface area contributed by atoms with E-state index in [0.717, 1.165) is 10.7 Å². The zero-order valence-corrected chi connectivity index (χ0v) is 9.92. The topological polar surface area (TPSA) is 70.8 Å². The van der Waals surface area contributed by atoms with Crippen molar-refractivity contribution in [1.29, 1.82) is 0 Å². The Morgan fingerprint density at radius 3 is 2.78 bits per heavy atom. The van der Waals surface area contributed by atoms with Gasteiger partial charge in [0.25, 0.3) is 0 Å². The molecule has 0 radical (unpaired) electrons. The van der Waals surface area contributed by atoms with Crippen LogP contribution in [0.5, 0.6) is 0 Å². The summed E-state index contributed by atoms with van der Waals surface area (Å²) in [6.45, 7) is 1.31. The number of hydrogen-bond acceptors (Lipinski definition) is 3. The number of furan rings is 1. The molecule has 1 aromatic heterocycles. The Bertz CT molecular complexity index is 507. The van der Waals surface area contributed by atoms with E-state index in [1.54, 1.807) is 19.1 Å². The van der Waals surface area contributed by atoms with Crippen LogP contribution >= 0.6 is 0 Å². The molecule has 18 heavy (non-hydrogen) atoms. The number of carboxylic acid groups (broad SMARTS) is 1. The van der Waals surface area contributed by atoms with E-state index in [-0.39, 0.29) is 6.54 Å². The number of terminal acetylenes is 1. The third kappa shape index (κ3) is 4.18. The Labute approximate surface area is 105 Å². The van der Waals surface area contributed by atoms with Crippen molar-refractivity contribution in [2.45, 2.75) is 6.92 Å². The maximum Gasteiger partial charge on any atom is 0.323 e. The average molecular weight is 247 g/mol. The Balaban J connectivity index is 2.69. The molecule has 5 nitrogen and oxygen atoms in total. The number of hydrogen-bond donors (Lipinski definition) is 1. The summed E-state index contributed by atoms with van der Waals surface area (Å²) in [5.74, 6) is 1.92. The molecular weight excluding hydrogens is 234 g/mol. The van der Waals surface area contributed by atoms with Crippen LogP contribution in [0, 0.1) is 19.3 Å². The lowest BCUT2D eigenvalue weighted by Crippen LogP contribution is -2.34. The number of aliphatic carboxylic acids is 1. The molecule has 0 aromatic carbocycles. The highest BCUT2D eigenvalue weighted by atomic mass is 16.4. The van der Waals surface area contributed by atoms with Crippen LogP contribution in [-0.4, -0.2) is 35.0 Å². The molecule has 1 aromatic rings. The summed E-state index contributed by atoms with van der Waals surface area (Å²) < 4.78 is 5.24. The number of carbonyl (C=O) groups excluding carboxylic acids is 1. The van der Waals surface area contributed by atoms with Gasteiger partial charge in [-0.3, -0.25) is 9.59 Å². The lowest BCUT2D eigenvalue weighted by molar-refractivity contribution is -0.142. The van der Waals surface area contributed by atoms with Gasteiger partial charge in [0, 0.05) is 6.08 Å². The van der Waals surface area contributed by atoms with Gasteiger partial charge in [-0.15, -0.1) is 6.42 Å². The van der Waals surface area contributed by atoms with Gasteiger partial charge >= 0.3 is 5.97 Å². The molecule has 0 fully saturated rings. The molecule has 1 heterocycles.